The number of aromatic nitrogens is 5. The molecule has 8 aromatic carbocycles. The van der Waals surface area contributed by atoms with E-state index in [0.717, 1.165) is 94.7 Å². The Morgan fingerprint density at radius 3 is 1.21 bits per heavy atom. The van der Waals surface area contributed by atoms with E-state index >= 15 is 0 Å². The maximum atomic E-state index is 5.16. The van der Waals surface area contributed by atoms with E-state index in [1.165, 1.54) is 0 Å². The molecule has 11 aromatic rings. The van der Waals surface area contributed by atoms with Gasteiger partial charge in [0.05, 0.1) is 22.1 Å². The number of imidazole rings is 2. The lowest BCUT2D eigenvalue weighted by Gasteiger charge is -2.28. The van der Waals surface area contributed by atoms with Crippen molar-refractivity contribution in [2.24, 2.45) is 0 Å². The summed E-state index contributed by atoms with van der Waals surface area (Å²) < 4.78 is 4.54. The van der Waals surface area contributed by atoms with E-state index in [9.17, 15) is 0 Å². The summed E-state index contributed by atoms with van der Waals surface area (Å²) in [5, 5.41) is 0. The van der Waals surface area contributed by atoms with Gasteiger partial charge in [0.25, 0.3) is 0 Å². The largest absolute Gasteiger partial charge is 0.278 e. The summed E-state index contributed by atoms with van der Waals surface area (Å²) in [5.74, 6) is 1.56. The van der Waals surface area contributed by atoms with Crippen molar-refractivity contribution in [1.82, 2.24) is 23.9 Å². The number of para-hydroxylation sites is 4. The average molecular weight is 742 g/mol. The molecule has 0 fully saturated rings. The Balaban J connectivity index is 1.28. The van der Waals surface area contributed by atoms with Crippen molar-refractivity contribution in [3.8, 4) is 72.7 Å². The molecular formula is C53H35N5. The molecule has 0 saturated carbocycles. The van der Waals surface area contributed by atoms with Gasteiger partial charge in [0.1, 0.15) is 0 Å². The van der Waals surface area contributed by atoms with Gasteiger partial charge in [-0.25, -0.2) is 15.0 Å². The highest BCUT2D eigenvalue weighted by Gasteiger charge is 2.30. The van der Waals surface area contributed by atoms with Crippen LogP contribution in [0, 0.1) is 0 Å². The molecule has 3 heterocycles. The number of fused-ring (bicyclic) bond motifs is 5. The first-order valence-electron chi connectivity index (χ1n) is 19.5. The van der Waals surface area contributed by atoms with Gasteiger partial charge in [-0.3, -0.25) is 8.97 Å². The van der Waals surface area contributed by atoms with Crippen LogP contribution in [0.4, 0.5) is 0 Å². The first kappa shape index (κ1) is 33.4. The van der Waals surface area contributed by atoms with Crippen LogP contribution in [0.1, 0.15) is 0 Å². The smallest absolute Gasteiger partial charge is 0.220 e. The second kappa shape index (κ2) is 14.0. The molecule has 0 unspecified atom stereocenters. The Bertz CT molecular complexity index is 3120. The van der Waals surface area contributed by atoms with Crippen LogP contribution in [-0.2, 0) is 0 Å². The summed E-state index contributed by atoms with van der Waals surface area (Å²) in [6.07, 6.45) is 3.68. The van der Waals surface area contributed by atoms with Crippen LogP contribution >= 0.6 is 0 Å². The predicted octanol–water partition coefficient (Wildman–Crippen LogP) is 13.2. The van der Waals surface area contributed by atoms with Crippen molar-refractivity contribution in [2.75, 3.05) is 0 Å². The summed E-state index contributed by atoms with van der Waals surface area (Å²) >= 11 is 0. The van der Waals surface area contributed by atoms with Gasteiger partial charge in [-0.15, -0.1) is 0 Å². The molecule has 0 amide bonds. The lowest BCUT2D eigenvalue weighted by atomic mass is 9.75. The Morgan fingerprint density at radius 2 is 0.707 bits per heavy atom. The standard InChI is InChI=1S/C53H35N5/c1-5-18-36(19-6-1)46-48(40-30-32-41(33-31-40)57-44-28-15-16-29-45(44)58-43-27-14-13-26-42(43)56-53(57)58)47(37-20-7-2-8-21-37)50(39-24-11-4-12-25-39)51(52-54-34-17-35-55-52)49(46)38-22-9-3-10-23-38/h1-35H. The van der Waals surface area contributed by atoms with Gasteiger partial charge in [0.2, 0.25) is 5.78 Å². The molecule has 5 heteroatoms. The molecule has 5 nitrogen and oxygen atoms in total. The zero-order valence-corrected chi connectivity index (χ0v) is 31.4. The molecule has 0 saturated heterocycles. The number of benzene rings is 8. The monoisotopic (exact) mass is 741 g/mol. The minimum Gasteiger partial charge on any atom is -0.278 e. The molecule has 0 atom stereocenters. The lowest BCUT2D eigenvalue weighted by Crippen LogP contribution is -2.03. The Kier molecular flexibility index (Phi) is 8.07. The van der Waals surface area contributed by atoms with Crippen LogP contribution in [0.15, 0.2) is 213 Å². The molecule has 0 aliphatic rings. The fourth-order valence-corrected chi connectivity index (χ4v) is 8.65. The highest BCUT2D eigenvalue weighted by atomic mass is 15.2. The highest BCUT2D eigenvalue weighted by molar-refractivity contribution is 6.14. The second-order valence-electron chi connectivity index (χ2n) is 14.4. The molecule has 3 aromatic heterocycles. The summed E-state index contributed by atoms with van der Waals surface area (Å²) in [4.78, 5) is 15.1. The number of hydrogen-bond acceptors (Lipinski definition) is 3. The van der Waals surface area contributed by atoms with Gasteiger partial charge >= 0.3 is 0 Å². The fraction of sp³-hybridized carbons (Fsp3) is 0. The van der Waals surface area contributed by atoms with E-state index < -0.39 is 0 Å². The predicted molar refractivity (Wildman–Crippen MR) is 238 cm³/mol. The zero-order chi connectivity index (χ0) is 38.4. The van der Waals surface area contributed by atoms with Crippen LogP contribution in [0.3, 0.4) is 0 Å². The summed E-state index contributed by atoms with van der Waals surface area (Å²) in [6, 6.07) is 70.8. The Hall–Kier alpha value is -7.89. The van der Waals surface area contributed by atoms with Gasteiger partial charge in [-0.05, 0) is 87.0 Å². The molecule has 0 radical (unpaired) electrons. The first-order chi connectivity index (χ1) is 28.8. The van der Waals surface area contributed by atoms with Crippen molar-refractivity contribution in [2.45, 2.75) is 0 Å². The third kappa shape index (κ3) is 5.44. The third-order valence-electron chi connectivity index (χ3n) is 11.1. The van der Waals surface area contributed by atoms with Crippen LogP contribution < -0.4 is 0 Å². The highest BCUT2D eigenvalue weighted by Crippen LogP contribution is 2.55. The van der Waals surface area contributed by atoms with E-state index in [2.05, 4.69) is 197 Å². The van der Waals surface area contributed by atoms with Crippen molar-refractivity contribution in [3.63, 3.8) is 0 Å². The molecule has 0 aliphatic heterocycles. The molecule has 0 spiro atoms. The Labute approximate surface area is 335 Å². The summed E-state index contributed by atoms with van der Waals surface area (Å²) in [6.45, 7) is 0. The molecule has 0 aliphatic carbocycles. The fourth-order valence-electron chi connectivity index (χ4n) is 8.65. The minimum absolute atomic E-state index is 0.673. The van der Waals surface area contributed by atoms with Gasteiger partial charge in [-0.1, -0.05) is 158 Å². The van der Waals surface area contributed by atoms with Crippen LogP contribution in [0.25, 0.3) is 101 Å². The van der Waals surface area contributed by atoms with E-state index in [-0.39, 0.29) is 0 Å². The SMILES string of the molecule is c1ccc(-c2c(-c3ccc(-n4c5ccccc5n5c6ccccc6nc45)cc3)c(-c3ccccc3)c(-c3ccccc3)c(-c3ncccn3)c2-c2ccccc2)cc1. The maximum Gasteiger partial charge on any atom is 0.220 e. The summed E-state index contributed by atoms with van der Waals surface area (Å²) in [7, 11) is 0. The summed E-state index contributed by atoms with van der Waals surface area (Å²) in [5.41, 5.74) is 17.3. The molecule has 0 bridgehead atoms. The maximum absolute atomic E-state index is 5.16. The van der Waals surface area contributed by atoms with Gasteiger partial charge < -0.3 is 0 Å². The topological polar surface area (TPSA) is 48.0 Å². The molecule has 11 rings (SSSR count). The van der Waals surface area contributed by atoms with E-state index in [0.29, 0.717) is 5.82 Å². The Morgan fingerprint density at radius 1 is 0.310 bits per heavy atom. The van der Waals surface area contributed by atoms with Crippen molar-refractivity contribution < 1.29 is 0 Å². The average Bonchev–Trinajstić information content (AvgIpc) is 3.84. The van der Waals surface area contributed by atoms with Crippen LogP contribution in [0.2, 0.25) is 0 Å². The molecule has 272 valence electrons. The number of nitrogens with zero attached hydrogens (tertiary/aromatic N) is 5. The first-order valence-corrected chi connectivity index (χ1v) is 19.5. The van der Waals surface area contributed by atoms with Crippen molar-refractivity contribution in [3.05, 3.63) is 213 Å². The van der Waals surface area contributed by atoms with E-state index in [1.54, 1.807) is 0 Å². The molecular weight excluding hydrogens is 707 g/mol. The number of rotatable bonds is 7. The number of hydrogen-bond donors (Lipinski definition) is 0. The normalized spacial score (nSPS) is 11.4. The second-order valence-corrected chi connectivity index (χ2v) is 14.4. The third-order valence-corrected chi connectivity index (χ3v) is 11.1. The van der Waals surface area contributed by atoms with Crippen molar-refractivity contribution >= 4 is 27.8 Å². The van der Waals surface area contributed by atoms with Gasteiger partial charge in [0.15, 0.2) is 5.82 Å². The lowest BCUT2D eigenvalue weighted by molar-refractivity contribution is 1.11. The van der Waals surface area contributed by atoms with Gasteiger partial charge in [-0.2, -0.15) is 0 Å². The zero-order valence-electron chi connectivity index (χ0n) is 31.4. The van der Waals surface area contributed by atoms with Crippen LogP contribution in [-0.4, -0.2) is 23.9 Å². The van der Waals surface area contributed by atoms with Crippen molar-refractivity contribution in [1.29, 1.82) is 0 Å². The molecule has 0 N–H and O–H groups in total. The van der Waals surface area contributed by atoms with Crippen LogP contribution in [0.5, 0.6) is 0 Å². The molecule has 58 heavy (non-hydrogen) atoms. The van der Waals surface area contributed by atoms with E-state index in [1.807, 2.05) is 24.5 Å². The minimum atomic E-state index is 0.673. The van der Waals surface area contributed by atoms with E-state index in [4.69, 9.17) is 15.0 Å². The van der Waals surface area contributed by atoms with Gasteiger partial charge in [0, 0.05) is 34.8 Å². The quantitative estimate of drug-likeness (QED) is 0.163.